The molecule has 0 saturated carbocycles. The highest BCUT2D eigenvalue weighted by Gasteiger charge is 2.15. The molecule has 2 heterocycles. The lowest BCUT2D eigenvalue weighted by Gasteiger charge is -2.08. The highest BCUT2D eigenvalue weighted by molar-refractivity contribution is 9.10. The van der Waals surface area contributed by atoms with E-state index in [4.69, 9.17) is 9.47 Å². The number of aldehydes is 1. The Kier molecular flexibility index (Phi) is 3.93. The van der Waals surface area contributed by atoms with Crippen LogP contribution in [0.1, 0.15) is 10.4 Å². The number of nitrogens with zero attached hydrogens (tertiary/aromatic N) is 1. The number of halogens is 1. The number of hydrogen-bond acceptors (Lipinski definition) is 4. The Morgan fingerprint density at radius 2 is 2.04 bits per heavy atom. The molecule has 6 nitrogen and oxygen atoms in total. The molecule has 0 unspecified atom stereocenters. The van der Waals surface area contributed by atoms with Gasteiger partial charge in [0, 0.05) is 38.9 Å². The van der Waals surface area contributed by atoms with Crippen LogP contribution >= 0.6 is 15.9 Å². The molecule has 1 N–H and O–H groups in total. The van der Waals surface area contributed by atoms with Crippen molar-refractivity contribution < 1.29 is 19.1 Å². The predicted molar refractivity (Wildman–Crippen MR) is 96.2 cm³/mol. The highest BCUT2D eigenvalue weighted by Crippen LogP contribution is 2.34. The smallest absolute Gasteiger partial charge is 0.244 e. The molecule has 126 valence electrons. The zero-order chi connectivity index (χ0) is 17.4. The van der Waals surface area contributed by atoms with E-state index in [0.29, 0.717) is 22.7 Å². The zero-order valence-electron chi connectivity index (χ0n) is 13.0. The van der Waals surface area contributed by atoms with Gasteiger partial charge in [-0.2, -0.15) is 0 Å². The van der Waals surface area contributed by atoms with Crippen LogP contribution in [-0.4, -0.2) is 23.6 Å². The number of hydrogen-bond donors (Lipinski definition) is 1. The van der Waals surface area contributed by atoms with Crippen LogP contribution in [0.3, 0.4) is 0 Å². The molecular weight excluding hydrogens is 388 g/mol. The molecule has 7 heteroatoms. The molecule has 0 aliphatic carbocycles. The van der Waals surface area contributed by atoms with Gasteiger partial charge in [-0.1, -0.05) is 15.9 Å². The Morgan fingerprint density at radius 1 is 1.20 bits per heavy atom. The van der Waals surface area contributed by atoms with Crippen LogP contribution in [0.5, 0.6) is 11.5 Å². The Bertz CT molecular complexity index is 996. The molecule has 0 saturated heterocycles. The van der Waals surface area contributed by atoms with Gasteiger partial charge in [0.15, 0.2) is 17.8 Å². The number of rotatable bonds is 4. The van der Waals surface area contributed by atoms with Crippen LogP contribution in [0.2, 0.25) is 0 Å². The number of carbonyl (C=O) groups is 2. The lowest BCUT2D eigenvalue weighted by molar-refractivity contribution is -0.116. The summed E-state index contributed by atoms with van der Waals surface area (Å²) in [7, 11) is 0. The lowest BCUT2D eigenvalue weighted by Crippen LogP contribution is -2.18. The van der Waals surface area contributed by atoms with E-state index < -0.39 is 0 Å². The number of aromatic nitrogens is 1. The fourth-order valence-electron chi connectivity index (χ4n) is 2.85. The van der Waals surface area contributed by atoms with Crippen molar-refractivity contribution in [3.63, 3.8) is 0 Å². The van der Waals surface area contributed by atoms with Crippen molar-refractivity contribution in [2.24, 2.45) is 0 Å². The molecule has 0 bridgehead atoms. The third-order valence-corrected chi connectivity index (χ3v) is 4.46. The second-order valence-electron chi connectivity index (χ2n) is 5.61. The molecular formula is C18H13BrN2O4. The van der Waals surface area contributed by atoms with Gasteiger partial charge in [-0.3, -0.25) is 9.59 Å². The second kappa shape index (κ2) is 6.25. The Hall–Kier alpha value is -2.80. The number of carbonyl (C=O) groups excluding carboxylic acids is 2. The first kappa shape index (κ1) is 15.7. The minimum atomic E-state index is -0.198. The number of amides is 1. The van der Waals surface area contributed by atoms with Gasteiger partial charge in [0.2, 0.25) is 12.7 Å². The quantitative estimate of drug-likeness (QED) is 0.679. The molecule has 3 aromatic rings. The normalized spacial score (nSPS) is 12.4. The van der Waals surface area contributed by atoms with Gasteiger partial charge in [0.1, 0.15) is 6.54 Å². The van der Waals surface area contributed by atoms with Crippen LogP contribution in [-0.2, 0) is 11.3 Å². The van der Waals surface area contributed by atoms with Gasteiger partial charge >= 0.3 is 0 Å². The summed E-state index contributed by atoms with van der Waals surface area (Å²) in [6.45, 7) is 0.284. The van der Waals surface area contributed by atoms with Crippen molar-refractivity contribution in [2.45, 2.75) is 6.54 Å². The SMILES string of the molecule is O=Cc1cn(CC(=O)Nc2ccc3c(c2)OCO3)c2ccc(Br)cc12. The second-order valence-corrected chi connectivity index (χ2v) is 6.52. The molecule has 0 atom stereocenters. The molecule has 1 amide bonds. The third kappa shape index (κ3) is 2.98. The van der Waals surface area contributed by atoms with Crippen molar-refractivity contribution in [3.05, 3.63) is 52.6 Å². The monoisotopic (exact) mass is 400 g/mol. The minimum Gasteiger partial charge on any atom is -0.454 e. The molecule has 1 aliphatic heterocycles. The Balaban J connectivity index is 1.57. The summed E-state index contributed by atoms with van der Waals surface area (Å²) in [6.07, 6.45) is 2.48. The van der Waals surface area contributed by atoms with Crippen LogP contribution < -0.4 is 14.8 Å². The van der Waals surface area contributed by atoms with Crippen molar-refractivity contribution in [1.29, 1.82) is 0 Å². The summed E-state index contributed by atoms with van der Waals surface area (Å²) in [6, 6.07) is 10.9. The van der Waals surface area contributed by atoms with E-state index in [1.807, 2.05) is 18.2 Å². The Morgan fingerprint density at radius 3 is 2.88 bits per heavy atom. The van der Waals surface area contributed by atoms with Crippen molar-refractivity contribution >= 4 is 44.7 Å². The number of anilines is 1. The standard InChI is InChI=1S/C18H13BrN2O4/c19-12-1-3-15-14(5-12)11(9-22)7-21(15)8-18(23)20-13-2-4-16-17(6-13)25-10-24-16/h1-7,9H,8,10H2,(H,20,23). The number of benzene rings is 2. The summed E-state index contributed by atoms with van der Waals surface area (Å²) < 4.78 is 13.2. The van der Waals surface area contributed by atoms with E-state index in [0.717, 1.165) is 21.7 Å². The minimum absolute atomic E-state index is 0.0976. The van der Waals surface area contributed by atoms with E-state index in [2.05, 4.69) is 21.2 Å². The van der Waals surface area contributed by atoms with Crippen molar-refractivity contribution in [2.75, 3.05) is 12.1 Å². The summed E-state index contributed by atoms with van der Waals surface area (Å²) in [4.78, 5) is 23.7. The average Bonchev–Trinajstić information content (AvgIpc) is 3.18. The molecule has 25 heavy (non-hydrogen) atoms. The molecule has 1 aromatic heterocycles. The Labute approximate surface area is 151 Å². The number of fused-ring (bicyclic) bond motifs is 2. The maximum atomic E-state index is 12.4. The summed E-state index contributed by atoms with van der Waals surface area (Å²) in [5.74, 6) is 1.07. The van der Waals surface area contributed by atoms with Crippen molar-refractivity contribution in [1.82, 2.24) is 4.57 Å². The van der Waals surface area contributed by atoms with E-state index in [1.54, 1.807) is 29.0 Å². The highest BCUT2D eigenvalue weighted by atomic mass is 79.9. The molecule has 1 aliphatic rings. The first-order chi connectivity index (χ1) is 12.1. The summed E-state index contributed by atoms with van der Waals surface area (Å²) in [5, 5.41) is 3.64. The van der Waals surface area contributed by atoms with Gasteiger partial charge < -0.3 is 19.4 Å². The van der Waals surface area contributed by atoms with E-state index in [1.165, 1.54) is 0 Å². The average molecular weight is 401 g/mol. The van der Waals surface area contributed by atoms with Crippen molar-refractivity contribution in [3.8, 4) is 11.5 Å². The van der Waals surface area contributed by atoms with Gasteiger partial charge in [-0.05, 0) is 30.3 Å². The molecule has 0 spiro atoms. The predicted octanol–water partition coefficient (Wildman–Crippen LogP) is 3.58. The van der Waals surface area contributed by atoms with Gasteiger partial charge in [-0.25, -0.2) is 0 Å². The largest absolute Gasteiger partial charge is 0.454 e. The van der Waals surface area contributed by atoms with Gasteiger partial charge in [-0.15, -0.1) is 0 Å². The maximum absolute atomic E-state index is 12.4. The molecule has 2 aromatic carbocycles. The topological polar surface area (TPSA) is 69.6 Å². The van der Waals surface area contributed by atoms with Crippen LogP contribution in [0.15, 0.2) is 47.1 Å². The molecule has 4 rings (SSSR count). The van der Waals surface area contributed by atoms with Crippen LogP contribution in [0.25, 0.3) is 10.9 Å². The first-order valence-electron chi connectivity index (χ1n) is 7.57. The fourth-order valence-corrected chi connectivity index (χ4v) is 3.21. The van der Waals surface area contributed by atoms with Gasteiger partial charge in [0.25, 0.3) is 0 Å². The summed E-state index contributed by atoms with van der Waals surface area (Å²) in [5.41, 5.74) is 2.00. The molecule has 0 fully saturated rings. The van der Waals surface area contributed by atoms with Gasteiger partial charge in [0.05, 0.1) is 0 Å². The summed E-state index contributed by atoms with van der Waals surface area (Å²) >= 11 is 3.40. The molecule has 0 radical (unpaired) electrons. The zero-order valence-corrected chi connectivity index (χ0v) is 14.6. The van der Waals surface area contributed by atoms with Crippen LogP contribution in [0.4, 0.5) is 5.69 Å². The van der Waals surface area contributed by atoms with Crippen LogP contribution in [0, 0.1) is 0 Å². The van der Waals surface area contributed by atoms with E-state index >= 15 is 0 Å². The number of nitrogens with one attached hydrogen (secondary N) is 1. The lowest BCUT2D eigenvalue weighted by atomic mass is 10.2. The third-order valence-electron chi connectivity index (χ3n) is 3.97. The number of ether oxygens (including phenoxy) is 2. The van der Waals surface area contributed by atoms with E-state index in [9.17, 15) is 9.59 Å². The fraction of sp³-hybridized carbons (Fsp3) is 0.111. The maximum Gasteiger partial charge on any atom is 0.244 e. The first-order valence-corrected chi connectivity index (χ1v) is 8.36. The van der Waals surface area contributed by atoms with E-state index in [-0.39, 0.29) is 19.2 Å².